The van der Waals surface area contributed by atoms with Crippen molar-refractivity contribution in [2.75, 3.05) is 0 Å². The first-order chi connectivity index (χ1) is 16.4. The van der Waals surface area contributed by atoms with E-state index in [0.29, 0.717) is 4.90 Å². The molecule has 0 aliphatic rings. The van der Waals surface area contributed by atoms with E-state index in [4.69, 9.17) is 0 Å². The molecule has 194 valence electrons. The Morgan fingerprint density at radius 2 is 1.24 bits per heavy atom. The van der Waals surface area contributed by atoms with E-state index in [2.05, 4.69) is 40.7 Å². The maximum absolute atomic E-state index is 13.5. The average Bonchev–Trinajstić information content (AvgIpc) is 2.85. The van der Waals surface area contributed by atoms with Gasteiger partial charge in [-0.25, -0.2) is 0 Å². The van der Waals surface area contributed by atoms with Gasteiger partial charge in [-0.1, -0.05) is 0 Å². The molecule has 0 aromatic heterocycles. The van der Waals surface area contributed by atoms with Crippen LogP contribution in [0.15, 0.2) is 55.9 Å². The van der Waals surface area contributed by atoms with Gasteiger partial charge in [0.25, 0.3) is 0 Å². The first-order valence-corrected chi connectivity index (χ1v) is 23.1. The van der Waals surface area contributed by atoms with Gasteiger partial charge in [0, 0.05) is 0 Å². The summed E-state index contributed by atoms with van der Waals surface area (Å²) in [6.45, 7) is 11.4. The molecule has 0 atom stereocenters. The first kappa shape index (κ1) is 31.5. The minimum atomic E-state index is -3.46. The third-order valence-corrected chi connectivity index (χ3v) is 24.5. The zero-order valence-corrected chi connectivity index (χ0v) is 26.5. The molecular weight excluding hydrogens is 543 g/mol. The van der Waals surface area contributed by atoms with E-state index in [1.54, 1.807) is 21.1 Å². The van der Waals surface area contributed by atoms with Crippen LogP contribution in [0.4, 0.5) is 0 Å². The number of rotatable bonds is 19. The molecule has 0 heterocycles. The van der Waals surface area contributed by atoms with Gasteiger partial charge in [0.2, 0.25) is 0 Å². The molecule has 0 saturated heterocycles. The topological polar surface area (TPSA) is 34.1 Å². The molecule has 1 rings (SSSR count). The second-order valence-electron chi connectivity index (χ2n) is 9.96. The summed E-state index contributed by atoms with van der Waals surface area (Å²) in [5.74, 6) is 0. The summed E-state index contributed by atoms with van der Waals surface area (Å²) in [6, 6.07) is 9.03. The molecule has 0 saturated carbocycles. The third kappa shape index (κ3) is 10.6. The molecule has 0 aliphatic heterocycles. The van der Waals surface area contributed by atoms with Crippen LogP contribution in [-0.2, 0) is 9.84 Å². The third-order valence-electron chi connectivity index (χ3n) is 7.02. The fraction of sp³-hybridized carbons (Fsp3) is 0.667. The second kappa shape index (κ2) is 17.8. The van der Waals surface area contributed by atoms with Crippen molar-refractivity contribution in [3.05, 3.63) is 51.0 Å². The predicted octanol–water partition coefficient (Wildman–Crippen LogP) is 10.0. The van der Waals surface area contributed by atoms with E-state index in [-0.39, 0.29) is 0 Å². The predicted molar refractivity (Wildman–Crippen MR) is 154 cm³/mol. The first-order valence-electron chi connectivity index (χ1n) is 14.1. The van der Waals surface area contributed by atoms with E-state index in [1.165, 1.54) is 70.2 Å². The van der Waals surface area contributed by atoms with Crippen LogP contribution in [0.25, 0.3) is 0 Å². The average molecular weight is 596 g/mol. The van der Waals surface area contributed by atoms with Crippen LogP contribution >= 0.6 is 0 Å². The molecule has 0 bridgehead atoms. The van der Waals surface area contributed by atoms with E-state index >= 15 is 0 Å². The van der Waals surface area contributed by atoms with Gasteiger partial charge >= 0.3 is 217 Å². The number of hydrogen-bond donors (Lipinski definition) is 0. The SMILES string of the molecule is CCCC/C=[C](\C(=C\S(=O)(=O)c1ccccc1)CCCC)[Sn]([CH2]CCC)([CH2]CCC)[CH2]CCC. The molecule has 0 unspecified atom stereocenters. The molecule has 0 radical (unpaired) electrons. The van der Waals surface area contributed by atoms with Crippen LogP contribution in [0, 0.1) is 0 Å². The molecule has 1 aromatic rings. The molecule has 2 nitrogen and oxygen atoms in total. The van der Waals surface area contributed by atoms with Crippen molar-refractivity contribution in [2.45, 2.75) is 130 Å². The van der Waals surface area contributed by atoms with Crippen molar-refractivity contribution in [1.29, 1.82) is 0 Å². The van der Waals surface area contributed by atoms with Crippen molar-refractivity contribution < 1.29 is 8.42 Å². The van der Waals surface area contributed by atoms with Crippen molar-refractivity contribution in [3.63, 3.8) is 0 Å². The summed E-state index contributed by atoms with van der Waals surface area (Å²) in [5.41, 5.74) is 1.17. The monoisotopic (exact) mass is 596 g/mol. The quantitative estimate of drug-likeness (QED) is 0.0906. The molecule has 0 aliphatic carbocycles. The summed E-state index contributed by atoms with van der Waals surface area (Å²) >= 11 is -2.80. The van der Waals surface area contributed by atoms with E-state index in [1.807, 2.05) is 18.2 Å². The minimum absolute atomic E-state index is 0.424. The number of hydrogen-bond acceptors (Lipinski definition) is 2. The Morgan fingerprint density at radius 1 is 0.735 bits per heavy atom. The summed E-state index contributed by atoms with van der Waals surface area (Å²) in [4.78, 5) is 0.424. The van der Waals surface area contributed by atoms with Crippen LogP contribution < -0.4 is 0 Å². The van der Waals surface area contributed by atoms with Gasteiger partial charge in [0.05, 0.1) is 0 Å². The Labute approximate surface area is 216 Å². The molecule has 0 fully saturated rings. The molecule has 34 heavy (non-hydrogen) atoms. The van der Waals surface area contributed by atoms with Gasteiger partial charge in [-0.2, -0.15) is 0 Å². The summed E-state index contributed by atoms with van der Waals surface area (Å²) < 4.78 is 32.8. The molecular formula is C30H52O2SSn. The fourth-order valence-corrected chi connectivity index (χ4v) is 24.0. The Kier molecular flexibility index (Phi) is 16.5. The normalized spacial score (nSPS) is 13.4. The van der Waals surface area contributed by atoms with Crippen molar-refractivity contribution in [3.8, 4) is 0 Å². The van der Waals surface area contributed by atoms with Gasteiger partial charge in [0.1, 0.15) is 0 Å². The van der Waals surface area contributed by atoms with E-state index in [9.17, 15) is 8.42 Å². The van der Waals surface area contributed by atoms with Crippen LogP contribution in [0.1, 0.15) is 112 Å². The maximum atomic E-state index is 13.5. The van der Waals surface area contributed by atoms with Gasteiger partial charge < -0.3 is 0 Å². The van der Waals surface area contributed by atoms with Gasteiger partial charge in [-0.3, -0.25) is 0 Å². The second-order valence-corrected chi connectivity index (χ2v) is 24.9. The summed E-state index contributed by atoms with van der Waals surface area (Å²) in [7, 11) is -3.46. The Balaban J connectivity index is 3.73. The Morgan fingerprint density at radius 3 is 1.71 bits per heavy atom. The number of sulfone groups is 1. The standard InChI is InChI=1S/C18H25O2S.3C4H9.Sn/c1-3-5-7-9-13-17(12-6-4-2)16-21(19,20)18-14-10-8-11-15-18;3*1-3-4-2;/h8-11,14-16H,3-7,12H2,1-2H3;3*1,3-4H2,2H3;/b13-9?,17-16+;;;;. The molecule has 0 spiro atoms. The fourth-order valence-electron chi connectivity index (χ4n) is 4.95. The summed E-state index contributed by atoms with van der Waals surface area (Å²) in [5, 5.41) is 1.70. The zero-order chi connectivity index (χ0) is 25.3. The molecule has 1 aromatic carbocycles. The van der Waals surface area contributed by atoms with E-state index < -0.39 is 28.2 Å². The number of unbranched alkanes of at least 4 members (excludes halogenated alkanes) is 6. The zero-order valence-electron chi connectivity index (χ0n) is 22.9. The van der Waals surface area contributed by atoms with Crippen molar-refractivity contribution in [1.82, 2.24) is 0 Å². The van der Waals surface area contributed by atoms with Crippen molar-refractivity contribution in [2.24, 2.45) is 0 Å². The summed E-state index contributed by atoms with van der Waals surface area (Å²) in [6.07, 6.45) is 16.6. The Hall–Kier alpha value is -0.551. The molecule has 0 N–H and O–H groups in total. The van der Waals surface area contributed by atoms with Crippen LogP contribution in [-0.4, -0.2) is 26.8 Å². The molecule has 4 heteroatoms. The van der Waals surface area contributed by atoms with Crippen molar-refractivity contribution >= 4 is 28.2 Å². The van der Waals surface area contributed by atoms with Gasteiger partial charge in [-0.05, 0) is 0 Å². The van der Waals surface area contributed by atoms with Gasteiger partial charge in [-0.15, -0.1) is 0 Å². The number of allylic oxidation sites excluding steroid dienone is 3. The van der Waals surface area contributed by atoms with Crippen LogP contribution in [0.3, 0.4) is 0 Å². The van der Waals surface area contributed by atoms with Gasteiger partial charge in [0.15, 0.2) is 0 Å². The molecule has 0 amide bonds. The van der Waals surface area contributed by atoms with Crippen LogP contribution in [0.2, 0.25) is 13.3 Å². The number of benzene rings is 1. The van der Waals surface area contributed by atoms with Crippen LogP contribution in [0.5, 0.6) is 0 Å². The van der Waals surface area contributed by atoms with E-state index in [0.717, 1.165) is 25.7 Å². The Bertz CT molecular complexity index is 803.